The third-order valence-electron chi connectivity index (χ3n) is 4.49. The smallest absolute Gasteiger partial charge is 0.0584 e. The van der Waals surface area contributed by atoms with Gasteiger partial charge in [0.2, 0.25) is 0 Å². The van der Waals surface area contributed by atoms with Crippen LogP contribution in [-0.4, -0.2) is 23.0 Å². The Kier molecular flexibility index (Phi) is 4.36. The number of nitrogens with two attached hydrogens (primary N) is 1. The Morgan fingerprint density at radius 3 is 2.72 bits per heavy atom. The number of pyridine rings is 1. The van der Waals surface area contributed by atoms with E-state index in [1.54, 1.807) is 0 Å². The molecular weight excluding hydrogens is 222 g/mol. The van der Waals surface area contributed by atoms with E-state index < -0.39 is 0 Å². The van der Waals surface area contributed by atoms with Gasteiger partial charge in [-0.05, 0) is 43.0 Å². The molecule has 1 fully saturated rings. The number of hydrogen-bond donors (Lipinski definition) is 1. The molecule has 0 amide bonds. The summed E-state index contributed by atoms with van der Waals surface area (Å²) in [5.41, 5.74) is 8.63. The van der Waals surface area contributed by atoms with E-state index in [-0.39, 0.29) is 0 Å². The zero-order valence-electron chi connectivity index (χ0n) is 11.7. The minimum absolute atomic E-state index is 0.538. The summed E-state index contributed by atoms with van der Waals surface area (Å²) in [6.07, 6.45) is 5.74. The van der Waals surface area contributed by atoms with Crippen LogP contribution in [0.1, 0.15) is 44.4 Å². The van der Waals surface area contributed by atoms with Crippen LogP contribution >= 0.6 is 0 Å². The van der Waals surface area contributed by atoms with Gasteiger partial charge in [-0.2, -0.15) is 0 Å². The fraction of sp³-hybridized carbons (Fsp3) is 0.667. The molecule has 2 N–H and O–H groups in total. The predicted molar refractivity (Wildman–Crippen MR) is 75.0 cm³/mol. The molecular formula is C15H25N3. The summed E-state index contributed by atoms with van der Waals surface area (Å²) in [5.74, 6) is 0. The molecule has 18 heavy (non-hydrogen) atoms. The van der Waals surface area contributed by atoms with Crippen molar-refractivity contribution in [3.05, 3.63) is 29.6 Å². The largest absolute Gasteiger partial charge is 0.325 e. The van der Waals surface area contributed by atoms with Crippen LogP contribution in [0, 0.1) is 5.41 Å². The van der Waals surface area contributed by atoms with Crippen LogP contribution in [0.4, 0.5) is 0 Å². The minimum Gasteiger partial charge on any atom is -0.325 e. The molecule has 1 aliphatic rings. The molecule has 100 valence electrons. The fourth-order valence-corrected chi connectivity index (χ4v) is 2.64. The summed E-state index contributed by atoms with van der Waals surface area (Å²) >= 11 is 0. The lowest BCUT2D eigenvalue weighted by Crippen LogP contribution is -2.38. The number of rotatable bonds is 4. The average Bonchev–Trinajstić information content (AvgIpc) is 2.42. The van der Waals surface area contributed by atoms with Crippen molar-refractivity contribution in [2.75, 3.05) is 13.1 Å². The number of piperidine rings is 1. The lowest BCUT2D eigenvalue weighted by atomic mass is 9.78. The molecule has 0 radical (unpaired) electrons. The van der Waals surface area contributed by atoms with E-state index in [2.05, 4.69) is 29.8 Å². The van der Waals surface area contributed by atoms with E-state index in [1.165, 1.54) is 37.9 Å². The normalized spacial score (nSPS) is 19.9. The van der Waals surface area contributed by atoms with Gasteiger partial charge in [0.25, 0.3) is 0 Å². The van der Waals surface area contributed by atoms with Crippen LogP contribution < -0.4 is 5.73 Å². The van der Waals surface area contributed by atoms with E-state index in [4.69, 9.17) is 5.73 Å². The lowest BCUT2D eigenvalue weighted by Gasteiger charge is -2.39. The van der Waals surface area contributed by atoms with Crippen LogP contribution in [0.3, 0.4) is 0 Å². The maximum Gasteiger partial charge on any atom is 0.0584 e. The topological polar surface area (TPSA) is 42.2 Å². The summed E-state index contributed by atoms with van der Waals surface area (Å²) in [5, 5.41) is 0. The molecule has 3 nitrogen and oxygen atoms in total. The first-order chi connectivity index (χ1) is 8.67. The predicted octanol–water partition coefficient (Wildman–Crippen LogP) is 2.55. The fourth-order valence-electron chi connectivity index (χ4n) is 2.64. The molecule has 0 aromatic carbocycles. The van der Waals surface area contributed by atoms with E-state index in [9.17, 15) is 0 Å². The molecule has 2 rings (SSSR count). The Hall–Kier alpha value is -0.930. The Balaban J connectivity index is 1.95. The van der Waals surface area contributed by atoms with Crippen LogP contribution in [0.5, 0.6) is 0 Å². The summed E-state index contributed by atoms with van der Waals surface area (Å²) < 4.78 is 0. The molecule has 2 heterocycles. The van der Waals surface area contributed by atoms with Gasteiger partial charge in [0, 0.05) is 19.3 Å². The van der Waals surface area contributed by atoms with Crippen molar-refractivity contribution in [3.8, 4) is 0 Å². The highest BCUT2D eigenvalue weighted by molar-refractivity contribution is 5.19. The van der Waals surface area contributed by atoms with Crippen LogP contribution in [0.2, 0.25) is 0 Å². The van der Waals surface area contributed by atoms with Gasteiger partial charge in [-0.3, -0.25) is 9.88 Å². The van der Waals surface area contributed by atoms with Gasteiger partial charge in [-0.15, -0.1) is 0 Å². The van der Waals surface area contributed by atoms with E-state index >= 15 is 0 Å². The van der Waals surface area contributed by atoms with Crippen molar-refractivity contribution >= 4 is 0 Å². The summed E-state index contributed by atoms with van der Waals surface area (Å²) in [6, 6.07) is 4.16. The van der Waals surface area contributed by atoms with Crippen molar-refractivity contribution < 1.29 is 0 Å². The van der Waals surface area contributed by atoms with E-state index in [0.717, 1.165) is 12.2 Å². The number of likely N-dealkylation sites (tertiary alicyclic amines) is 1. The Labute approximate surface area is 110 Å². The Morgan fingerprint density at radius 2 is 2.11 bits per heavy atom. The van der Waals surface area contributed by atoms with Crippen LogP contribution in [0.15, 0.2) is 18.3 Å². The van der Waals surface area contributed by atoms with Crippen LogP contribution in [0.25, 0.3) is 0 Å². The van der Waals surface area contributed by atoms with Gasteiger partial charge in [-0.1, -0.05) is 26.3 Å². The third kappa shape index (κ3) is 3.09. The molecule has 0 unspecified atom stereocenters. The molecule has 0 spiro atoms. The van der Waals surface area contributed by atoms with E-state index in [0.29, 0.717) is 12.0 Å². The highest BCUT2D eigenvalue weighted by Crippen LogP contribution is 2.34. The number of hydrogen-bond acceptors (Lipinski definition) is 3. The molecule has 0 saturated carbocycles. The van der Waals surface area contributed by atoms with E-state index in [1.807, 2.05) is 12.3 Å². The highest BCUT2D eigenvalue weighted by Gasteiger charge is 2.28. The summed E-state index contributed by atoms with van der Waals surface area (Å²) in [7, 11) is 0. The molecule has 0 bridgehead atoms. The molecule has 0 atom stereocenters. The number of nitrogens with zero attached hydrogens (tertiary/aromatic N) is 2. The van der Waals surface area contributed by atoms with Gasteiger partial charge in [0.05, 0.1) is 5.69 Å². The third-order valence-corrected chi connectivity index (χ3v) is 4.49. The van der Waals surface area contributed by atoms with Gasteiger partial charge in [-0.25, -0.2) is 0 Å². The summed E-state index contributed by atoms with van der Waals surface area (Å²) in [6.45, 7) is 8.66. The van der Waals surface area contributed by atoms with Crippen molar-refractivity contribution in [1.29, 1.82) is 0 Å². The monoisotopic (exact) mass is 247 g/mol. The maximum absolute atomic E-state index is 5.74. The molecule has 3 heteroatoms. The van der Waals surface area contributed by atoms with Gasteiger partial charge in [0.15, 0.2) is 0 Å². The second-order valence-electron chi connectivity index (χ2n) is 5.75. The first kappa shape index (κ1) is 13.5. The first-order valence-corrected chi connectivity index (χ1v) is 7.02. The molecule has 1 saturated heterocycles. The number of aromatic nitrogens is 1. The van der Waals surface area contributed by atoms with Gasteiger partial charge < -0.3 is 5.73 Å². The SMILES string of the molecule is CCC1(C)CCN(Cc2cccnc2CN)CC1. The van der Waals surface area contributed by atoms with Crippen LogP contribution in [-0.2, 0) is 13.1 Å². The quantitative estimate of drug-likeness (QED) is 0.889. The zero-order valence-corrected chi connectivity index (χ0v) is 11.7. The lowest BCUT2D eigenvalue weighted by molar-refractivity contribution is 0.109. The van der Waals surface area contributed by atoms with Crippen molar-refractivity contribution in [2.24, 2.45) is 11.1 Å². The van der Waals surface area contributed by atoms with Crippen molar-refractivity contribution in [2.45, 2.75) is 46.2 Å². The van der Waals surface area contributed by atoms with Crippen molar-refractivity contribution in [3.63, 3.8) is 0 Å². The second-order valence-corrected chi connectivity index (χ2v) is 5.75. The van der Waals surface area contributed by atoms with Gasteiger partial charge in [0.1, 0.15) is 0 Å². The first-order valence-electron chi connectivity index (χ1n) is 7.02. The second kappa shape index (κ2) is 5.81. The average molecular weight is 247 g/mol. The zero-order chi connectivity index (χ0) is 13.0. The molecule has 1 aromatic heterocycles. The Bertz CT molecular complexity index is 381. The molecule has 1 aliphatic heterocycles. The molecule has 0 aliphatic carbocycles. The van der Waals surface area contributed by atoms with Gasteiger partial charge >= 0.3 is 0 Å². The minimum atomic E-state index is 0.538. The highest BCUT2D eigenvalue weighted by atomic mass is 15.1. The maximum atomic E-state index is 5.74. The standard InChI is InChI=1S/C15H25N3/c1-3-15(2)6-9-18(10-7-15)12-13-5-4-8-17-14(13)11-16/h4-5,8H,3,6-7,9-12,16H2,1-2H3. The Morgan fingerprint density at radius 1 is 1.39 bits per heavy atom. The summed E-state index contributed by atoms with van der Waals surface area (Å²) in [4.78, 5) is 6.89. The van der Waals surface area contributed by atoms with Crippen molar-refractivity contribution in [1.82, 2.24) is 9.88 Å². The molecule has 1 aromatic rings.